The second-order valence-corrected chi connectivity index (χ2v) is 15.6. The number of aliphatic hydroxyl groups is 3. The van der Waals surface area contributed by atoms with Gasteiger partial charge in [0.25, 0.3) is 0 Å². The van der Waals surface area contributed by atoms with Crippen molar-refractivity contribution < 1.29 is 63.7 Å². The van der Waals surface area contributed by atoms with E-state index in [0.717, 1.165) is 22.3 Å². The summed E-state index contributed by atoms with van der Waals surface area (Å²) >= 11 is 0. The lowest BCUT2D eigenvalue weighted by Gasteiger charge is -2.41. The average Bonchev–Trinajstić information content (AvgIpc) is 3.82. The molecule has 9 atom stereocenters. The highest BCUT2D eigenvalue weighted by molar-refractivity contribution is 5.95. The fourth-order valence-electron chi connectivity index (χ4n) is 8.46. The molecule has 16 nitrogen and oxygen atoms in total. The van der Waals surface area contributed by atoms with Gasteiger partial charge < -0.3 is 49.5 Å². The van der Waals surface area contributed by atoms with Crippen molar-refractivity contribution in [2.45, 2.75) is 63.4 Å². The number of nitrogens with zero attached hydrogens (tertiary/aromatic N) is 1. The summed E-state index contributed by atoms with van der Waals surface area (Å²) in [7, 11) is 0. The fraction of sp³-hybridized carbons (Fsp3) is 0.364. The van der Waals surface area contributed by atoms with E-state index >= 15 is 0 Å². The number of phenols is 1. The molecule has 0 radical (unpaired) electrons. The highest BCUT2D eigenvalue weighted by atomic mass is 16.8. The van der Waals surface area contributed by atoms with Gasteiger partial charge in [0, 0.05) is 36.1 Å². The van der Waals surface area contributed by atoms with Crippen molar-refractivity contribution in [1.29, 1.82) is 0 Å². The van der Waals surface area contributed by atoms with Crippen LogP contribution in [0.15, 0.2) is 98.5 Å². The van der Waals surface area contributed by atoms with Crippen LogP contribution in [-0.4, -0.2) is 107 Å². The first-order valence-electron chi connectivity index (χ1n) is 19.8. The van der Waals surface area contributed by atoms with E-state index in [0.29, 0.717) is 48.0 Å². The van der Waals surface area contributed by atoms with E-state index < -0.39 is 67.1 Å². The third-order valence-corrected chi connectivity index (χ3v) is 11.4. The molecule has 3 aromatic carbocycles. The standard InChI is InChI=1S/C44H45N3O13/c1-22-14-23(2)16-27(15-22)37-36-25(11-13-46-36)18-47(37)60-41-40(52)39(51)33(21-57-43(55)34(42(53)54)35-26(19-48)4-3-12-45-35)59-44(41)58-29-9-10-30-32(17-29)56-20-31(38(30)50)24-5-7-28(49)8-6-24/h5-11,13-17,20,26,33-35,39-41,44-45,48-49,51-52H,3-4,12,18-19,21H2,1-2H3,(H,53,54)/p+1/t26-,33+,34+,35+,39+,40-,41+,44+/m1/s1. The highest BCUT2D eigenvalue weighted by Gasteiger charge is 2.52. The largest absolute Gasteiger partial charge is 0.508 e. The van der Waals surface area contributed by atoms with Gasteiger partial charge in [-0.25, -0.2) is 4.99 Å². The van der Waals surface area contributed by atoms with E-state index in [4.69, 9.17) is 23.5 Å². The van der Waals surface area contributed by atoms with Gasteiger partial charge in [-0.3, -0.25) is 14.4 Å². The van der Waals surface area contributed by atoms with Gasteiger partial charge in [-0.15, -0.1) is 0 Å². The molecule has 7 N–H and O–H groups in total. The quantitative estimate of drug-likeness (QED) is 0.0799. The number of ether oxygens (including phenoxy) is 3. The number of nitrogens with one attached hydrogen (secondary N) is 2. The summed E-state index contributed by atoms with van der Waals surface area (Å²) < 4.78 is 23.9. The number of carboxylic acids is 1. The first-order valence-corrected chi connectivity index (χ1v) is 19.8. The molecule has 4 aromatic rings. The lowest BCUT2D eigenvalue weighted by Crippen LogP contribution is -3.08. The predicted octanol–water partition coefficient (Wildman–Crippen LogP) is 1.79. The van der Waals surface area contributed by atoms with Crippen molar-refractivity contribution in [1.82, 2.24) is 5.32 Å². The Morgan fingerprint density at radius 2 is 1.78 bits per heavy atom. The Hall–Kier alpha value is -5.72. The minimum Gasteiger partial charge on any atom is -0.508 e. The summed E-state index contributed by atoms with van der Waals surface area (Å²) in [5.74, 6) is -4.52. The van der Waals surface area contributed by atoms with Gasteiger partial charge in [-0.2, -0.15) is 9.90 Å². The summed E-state index contributed by atoms with van der Waals surface area (Å²) in [6, 6.07) is 15.8. The maximum absolute atomic E-state index is 13.5. The van der Waals surface area contributed by atoms with E-state index in [2.05, 4.69) is 10.3 Å². The molecule has 0 amide bonds. The van der Waals surface area contributed by atoms with Crippen LogP contribution >= 0.6 is 0 Å². The Bertz CT molecular complexity index is 2420. The first-order chi connectivity index (χ1) is 28.9. The zero-order valence-electron chi connectivity index (χ0n) is 32.8. The number of hydrogen-bond acceptors (Lipinski definition) is 14. The fourth-order valence-corrected chi connectivity index (χ4v) is 8.46. The number of aliphatic carboxylic acids is 1. The van der Waals surface area contributed by atoms with E-state index in [9.17, 15) is 39.9 Å². The molecule has 1 aromatic heterocycles. The van der Waals surface area contributed by atoms with Crippen molar-refractivity contribution in [3.63, 3.8) is 0 Å². The molecule has 60 heavy (non-hydrogen) atoms. The molecule has 5 heterocycles. The molecule has 4 aliphatic heterocycles. The van der Waals surface area contributed by atoms with Crippen LogP contribution in [0.4, 0.5) is 0 Å². The van der Waals surface area contributed by atoms with Crippen LogP contribution in [0.25, 0.3) is 27.8 Å². The second-order valence-electron chi connectivity index (χ2n) is 15.6. The maximum Gasteiger partial charge on any atom is 0.322 e. The van der Waals surface area contributed by atoms with E-state index in [1.54, 1.807) is 18.3 Å². The van der Waals surface area contributed by atoms with Gasteiger partial charge >= 0.3 is 11.9 Å². The third kappa shape index (κ3) is 8.10. The number of esters is 1. The van der Waals surface area contributed by atoms with E-state index in [-0.39, 0.29) is 40.1 Å². The molecule has 0 spiro atoms. The van der Waals surface area contributed by atoms with Crippen molar-refractivity contribution in [3.05, 3.63) is 111 Å². The summed E-state index contributed by atoms with van der Waals surface area (Å²) in [4.78, 5) is 50.5. The molecule has 2 saturated heterocycles. The summed E-state index contributed by atoms with van der Waals surface area (Å²) in [6.45, 7) is 3.74. The van der Waals surface area contributed by atoms with E-state index in [1.165, 1.54) is 36.6 Å². The molecule has 0 bridgehead atoms. The van der Waals surface area contributed by atoms with Crippen molar-refractivity contribution in [3.8, 4) is 22.6 Å². The number of piperidine rings is 1. The minimum atomic E-state index is -1.70. The van der Waals surface area contributed by atoms with Gasteiger partial charge in [0.1, 0.15) is 60.5 Å². The molecule has 0 aliphatic carbocycles. The number of aromatic hydroxyl groups is 1. The lowest BCUT2D eigenvalue weighted by molar-refractivity contribution is -1.04. The molecular weight excluding hydrogens is 778 g/mol. The van der Waals surface area contributed by atoms with Gasteiger partial charge in [0.2, 0.25) is 12.4 Å². The third-order valence-electron chi connectivity index (χ3n) is 11.4. The Labute approximate surface area is 343 Å². The first kappa shape index (κ1) is 41.0. The average molecular weight is 825 g/mol. The number of aliphatic hydroxyl groups excluding tert-OH is 3. The van der Waals surface area contributed by atoms with Crippen LogP contribution in [0.3, 0.4) is 0 Å². The van der Waals surface area contributed by atoms with Crippen molar-refractivity contribution in [2.75, 3.05) is 26.3 Å². The number of fused-ring (bicyclic) bond motifs is 2. The Morgan fingerprint density at radius 3 is 2.52 bits per heavy atom. The zero-order valence-corrected chi connectivity index (χ0v) is 32.8. The normalized spacial score (nSPS) is 26.8. The van der Waals surface area contributed by atoms with Gasteiger partial charge in [0.15, 0.2) is 17.0 Å². The van der Waals surface area contributed by atoms with Crippen LogP contribution in [0, 0.1) is 25.7 Å². The summed E-state index contributed by atoms with van der Waals surface area (Å²) in [6.07, 6.45) is -1.56. The monoisotopic (exact) mass is 824 g/mol. The number of benzene rings is 3. The SMILES string of the molecule is Cc1cc(C)cc(C2=C3N=CC=C3C[NH+]2O[C@@H]2[C@@H](Oc3ccc4c(=O)c(-c5ccc(O)cc5)coc4c3)O[C@@H](COC(=O)[C@H](C(=O)O)[C@H]3NCCC[C@@H]3CO)[C@H](O)[C@H]2O)c1. The number of aliphatic imine (C=N–C) groups is 1. The molecule has 8 rings (SSSR count). The number of quaternary nitrogens is 1. The Morgan fingerprint density at radius 1 is 1.02 bits per heavy atom. The summed E-state index contributed by atoms with van der Waals surface area (Å²) in [5.41, 5.74) is 5.84. The van der Waals surface area contributed by atoms with E-state index in [1.807, 2.05) is 38.1 Å². The van der Waals surface area contributed by atoms with Crippen molar-refractivity contribution >= 4 is 34.8 Å². The van der Waals surface area contributed by atoms with Gasteiger partial charge in [-0.1, -0.05) is 29.3 Å². The molecule has 314 valence electrons. The van der Waals surface area contributed by atoms with Crippen LogP contribution in [0.1, 0.15) is 29.5 Å². The smallest absolute Gasteiger partial charge is 0.322 e. The highest BCUT2D eigenvalue weighted by Crippen LogP contribution is 2.33. The van der Waals surface area contributed by atoms with Crippen LogP contribution in [0.2, 0.25) is 0 Å². The number of hydrogen-bond donors (Lipinski definition) is 7. The zero-order chi connectivity index (χ0) is 42.2. The van der Waals surface area contributed by atoms with Crippen LogP contribution in [0.5, 0.6) is 11.5 Å². The predicted molar refractivity (Wildman–Crippen MR) is 215 cm³/mol. The van der Waals surface area contributed by atoms with Crippen LogP contribution < -0.4 is 20.5 Å². The lowest BCUT2D eigenvalue weighted by atomic mass is 9.83. The van der Waals surface area contributed by atoms with Gasteiger partial charge in [-0.05, 0) is 87.2 Å². The molecule has 0 saturated carbocycles. The number of aryl methyl sites for hydroxylation is 2. The number of rotatable bonds is 12. The van der Waals surface area contributed by atoms with Crippen LogP contribution in [-0.2, 0) is 23.9 Å². The number of phenolic OH excluding ortho intramolecular Hbond substituents is 1. The molecule has 4 aliphatic rings. The second kappa shape index (κ2) is 17.1. The molecule has 2 fully saturated rings. The topological polar surface area (TPSA) is 231 Å². The number of allylic oxidation sites excluding steroid dienone is 1. The Kier molecular flexibility index (Phi) is 11.7. The number of carbonyl (C=O) groups excluding carboxylic acids is 1. The molecule has 1 unspecified atom stereocenters. The number of hydroxylamine groups is 2. The molecular formula is C44H46N3O13+. The minimum absolute atomic E-state index is 0.0475. The number of carbonyl (C=O) groups is 2. The molecule has 16 heteroatoms. The Balaban J connectivity index is 1.09. The van der Waals surface area contributed by atoms with Crippen molar-refractivity contribution in [2.24, 2.45) is 16.8 Å². The number of carboxylic acid groups (broad SMARTS) is 1. The summed E-state index contributed by atoms with van der Waals surface area (Å²) in [5, 5.41) is 56.7. The maximum atomic E-state index is 13.5. The van der Waals surface area contributed by atoms with Gasteiger partial charge in [0.05, 0.1) is 10.9 Å².